The van der Waals surface area contributed by atoms with E-state index in [2.05, 4.69) is 22.8 Å². The average molecular weight is 272 g/mol. The predicted molar refractivity (Wildman–Crippen MR) is 82.1 cm³/mol. The van der Waals surface area contributed by atoms with Crippen molar-refractivity contribution in [2.24, 2.45) is 17.8 Å². The number of anilines is 1. The Balaban J connectivity index is 1.46. The van der Waals surface area contributed by atoms with Gasteiger partial charge in [-0.05, 0) is 74.2 Å². The molecule has 4 aliphatic rings. The number of nitrogens with one attached hydrogen (secondary N) is 2. The summed E-state index contributed by atoms with van der Waals surface area (Å²) in [6.45, 7) is 0. The summed E-state index contributed by atoms with van der Waals surface area (Å²) < 4.78 is 0. The first-order chi connectivity index (χ1) is 9.23. The van der Waals surface area contributed by atoms with E-state index in [0.29, 0.717) is 5.54 Å². The van der Waals surface area contributed by atoms with Crippen LogP contribution >= 0.6 is 12.2 Å². The van der Waals surface area contributed by atoms with Crippen LogP contribution in [-0.4, -0.2) is 10.7 Å². The highest BCUT2D eigenvalue weighted by Gasteiger charge is 2.57. The lowest BCUT2D eigenvalue weighted by Crippen LogP contribution is -2.50. The predicted octanol–water partition coefficient (Wildman–Crippen LogP) is 3.55. The maximum atomic E-state index is 5.52. The molecule has 4 aliphatic carbocycles. The van der Waals surface area contributed by atoms with Gasteiger partial charge in [0.15, 0.2) is 5.11 Å². The smallest absolute Gasteiger partial charge is 0.171 e. The molecule has 4 bridgehead atoms. The Labute approximate surface area is 120 Å². The first-order valence-electron chi connectivity index (χ1n) is 7.38. The van der Waals surface area contributed by atoms with E-state index in [1.54, 1.807) is 0 Å². The van der Waals surface area contributed by atoms with Crippen LogP contribution in [0.5, 0.6) is 0 Å². The minimum Gasteiger partial charge on any atom is -0.357 e. The first kappa shape index (κ1) is 11.7. The summed E-state index contributed by atoms with van der Waals surface area (Å²) >= 11 is 5.52. The zero-order valence-corrected chi connectivity index (χ0v) is 11.9. The Morgan fingerprint density at radius 2 is 1.74 bits per heavy atom. The first-order valence-corrected chi connectivity index (χ1v) is 7.78. The Hall–Kier alpha value is -1.09. The topological polar surface area (TPSA) is 24.1 Å². The molecule has 2 atom stereocenters. The highest BCUT2D eigenvalue weighted by molar-refractivity contribution is 7.80. The standard InChI is InChI=1S/C16H20N2S/c19-15(17-14-4-2-1-3-5-14)18-16-9-11-6-12(10-16)8-13(16)7-11/h1-5,11-13H,6-10H2,(H2,17,18,19). The maximum absolute atomic E-state index is 5.52. The highest BCUT2D eigenvalue weighted by Crippen LogP contribution is 2.60. The number of rotatable bonds is 2. The second-order valence-corrected chi connectivity index (χ2v) is 7.05. The van der Waals surface area contributed by atoms with E-state index >= 15 is 0 Å². The van der Waals surface area contributed by atoms with Gasteiger partial charge in [-0.2, -0.15) is 0 Å². The van der Waals surface area contributed by atoms with Gasteiger partial charge in [-0.3, -0.25) is 0 Å². The van der Waals surface area contributed by atoms with E-state index in [1.165, 1.54) is 32.1 Å². The number of thiocarbonyl (C=S) groups is 1. The van der Waals surface area contributed by atoms with Crippen LogP contribution in [0.3, 0.4) is 0 Å². The zero-order valence-electron chi connectivity index (χ0n) is 11.1. The third kappa shape index (κ3) is 1.95. The van der Waals surface area contributed by atoms with Crippen molar-refractivity contribution >= 4 is 23.0 Å². The SMILES string of the molecule is S=C(Nc1ccccc1)NC12CC3CC(CC1C3)C2. The number of para-hydroxylation sites is 1. The largest absolute Gasteiger partial charge is 0.357 e. The average Bonchev–Trinajstić information content (AvgIpc) is 2.74. The maximum Gasteiger partial charge on any atom is 0.171 e. The lowest BCUT2D eigenvalue weighted by atomic mass is 9.80. The Kier molecular flexibility index (Phi) is 2.59. The Morgan fingerprint density at radius 3 is 2.42 bits per heavy atom. The summed E-state index contributed by atoms with van der Waals surface area (Å²) in [5, 5.41) is 7.82. The molecule has 5 rings (SSSR count). The van der Waals surface area contributed by atoms with E-state index in [-0.39, 0.29) is 0 Å². The molecule has 19 heavy (non-hydrogen) atoms. The van der Waals surface area contributed by atoms with E-state index < -0.39 is 0 Å². The summed E-state index contributed by atoms with van der Waals surface area (Å²) in [5.41, 5.74) is 1.40. The molecule has 0 heterocycles. The molecule has 0 saturated heterocycles. The van der Waals surface area contributed by atoms with Crippen molar-refractivity contribution in [2.75, 3.05) is 5.32 Å². The van der Waals surface area contributed by atoms with Gasteiger partial charge in [0.05, 0.1) is 0 Å². The molecule has 0 radical (unpaired) electrons. The fraction of sp³-hybridized carbons (Fsp3) is 0.562. The normalized spacial score (nSPS) is 38.4. The highest BCUT2D eigenvalue weighted by atomic mass is 32.1. The van der Waals surface area contributed by atoms with Crippen molar-refractivity contribution in [1.82, 2.24) is 5.32 Å². The van der Waals surface area contributed by atoms with Gasteiger partial charge in [-0.15, -0.1) is 0 Å². The molecule has 2 nitrogen and oxygen atoms in total. The van der Waals surface area contributed by atoms with Gasteiger partial charge in [0.1, 0.15) is 0 Å². The molecule has 0 amide bonds. The van der Waals surface area contributed by atoms with Crippen molar-refractivity contribution in [1.29, 1.82) is 0 Å². The van der Waals surface area contributed by atoms with Crippen LogP contribution in [-0.2, 0) is 0 Å². The van der Waals surface area contributed by atoms with Gasteiger partial charge in [0, 0.05) is 11.2 Å². The van der Waals surface area contributed by atoms with Crippen molar-refractivity contribution in [2.45, 2.75) is 37.6 Å². The molecule has 0 aliphatic heterocycles. The van der Waals surface area contributed by atoms with Gasteiger partial charge in [-0.25, -0.2) is 0 Å². The fourth-order valence-electron chi connectivity index (χ4n) is 4.91. The summed E-state index contributed by atoms with van der Waals surface area (Å²) in [6.07, 6.45) is 7.00. The summed E-state index contributed by atoms with van der Waals surface area (Å²) in [7, 11) is 0. The van der Waals surface area contributed by atoms with Crippen LogP contribution in [0, 0.1) is 17.8 Å². The molecule has 1 aromatic carbocycles. The molecule has 3 heteroatoms. The molecule has 4 saturated carbocycles. The van der Waals surface area contributed by atoms with E-state index in [4.69, 9.17) is 12.2 Å². The van der Waals surface area contributed by atoms with Crippen molar-refractivity contribution in [3.63, 3.8) is 0 Å². The lowest BCUT2D eigenvalue weighted by molar-refractivity contribution is 0.256. The molecule has 1 aromatic rings. The number of benzene rings is 1. The third-order valence-corrected chi connectivity index (χ3v) is 5.59. The van der Waals surface area contributed by atoms with Gasteiger partial charge >= 0.3 is 0 Å². The second kappa shape index (κ2) is 4.20. The molecule has 2 unspecified atom stereocenters. The van der Waals surface area contributed by atoms with E-state index in [9.17, 15) is 0 Å². The zero-order chi connectivity index (χ0) is 12.9. The second-order valence-electron chi connectivity index (χ2n) is 6.65. The van der Waals surface area contributed by atoms with Gasteiger partial charge in [0.25, 0.3) is 0 Å². The summed E-state index contributed by atoms with van der Waals surface area (Å²) in [4.78, 5) is 0. The van der Waals surface area contributed by atoms with E-state index in [0.717, 1.165) is 28.6 Å². The van der Waals surface area contributed by atoms with Crippen LogP contribution in [0.1, 0.15) is 32.1 Å². The molecular weight excluding hydrogens is 252 g/mol. The Bertz CT molecular complexity index is 485. The monoisotopic (exact) mass is 272 g/mol. The van der Waals surface area contributed by atoms with Gasteiger partial charge in [0.2, 0.25) is 0 Å². The summed E-state index contributed by atoms with van der Waals surface area (Å²) in [6, 6.07) is 10.2. The molecule has 100 valence electrons. The van der Waals surface area contributed by atoms with Crippen LogP contribution in [0.15, 0.2) is 30.3 Å². The molecule has 2 N–H and O–H groups in total. The quantitative estimate of drug-likeness (QED) is 0.805. The minimum atomic E-state index is 0.326. The van der Waals surface area contributed by atoms with Crippen molar-refractivity contribution < 1.29 is 0 Å². The molecule has 0 aromatic heterocycles. The number of hydrogen-bond donors (Lipinski definition) is 2. The van der Waals surface area contributed by atoms with Crippen molar-refractivity contribution in [3.05, 3.63) is 30.3 Å². The lowest BCUT2D eigenvalue weighted by Gasteiger charge is -2.35. The molecular formula is C16H20N2S. The van der Waals surface area contributed by atoms with Gasteiger partial charge < -0.3 is 10.6 Å². The van der Waals surface area contributed by atoms with Gasteiger partial charge in [-0.1, -0.05) is 18.2 Å². The van der Waals surface area contributed by atoms with Crippen LogP contribution in [0.2, 0.25) is 0 Å². The Morgan fingerprint density at radius 1 is 1.05 bits per heavy atom. The third-order valence-electron chi connectivity index (χ3n) is 5.38. The number of hydrogen-bond acceptors (Lipinski definition) is 1. The molecule has 4 fully saturated rings. The van der Waals surface area contributed by atoms with Crippen LogP contribution in [0.25, 0.3) is 0 Å². The summed E-state index contributed by atoms with van der Waals surface area (Å²) in [5.74, 6) is 2.79. The minimum absolute atomic E-state index is 0.326. The molecule has 0 spiro atoms. The van der Waals surface area contributed by atoms with Crippen molar-refractivity contribution in [3.8, 4) is 0 Å². The fourth-order valence-corrected chi connectivity index (χ4v) is 5.23. The van der Waals surface area contributed by atoms with E-state index in [1.807, 2.05) is 18.2 Å². The van der Waals surface area contributed by atoms with Crippen LogP contribution < -0.4 is 10.6 Å². The van der Waals surface area contributed by atoms with Crippen LogP contribution in [0.4, 0.5) is 5.69 Å².